The number of carboxylic acids is 1. The first-order valence-electron chi connectivity index (χ1n) is 7.86. The largest absolute Gasteiger partial charge is 0.478 e. The lowest BCUT2D eigenvalue weighted by Crippen LogP contribution is -2.48. The Hall–Kier alpha value is -1.88. The summed E-state index contributed by atoms with van der Waals surface area (Å²) in [4.78, 5) is 25.7. The van der Waals surface area contributed by atoms with Crippen molar-refractivity contribution in [3.8, 4) is 0 Å². The summed E-state index contributed by atoms with van der Waals surface area (Å²) >= 11 is 0. The zero-order valence-corrected chi connectivity index (χ0v) is 12.4. The van der Waals surface area contributed by atoms with Crippen LogP contribution in [-0.4, -0.2) is 45.2 Å². The molecule has 0 saturated carbocycles. The number of benzene rings is 1. The third kappa shape index (κ3) is 2.86. The van der Waals surface area contributed by atoms with Gasteiger partial charge in [-0.2, -0.15) is 0 Å². The highest BCUT2D eigenvalue weighted by molar-refractivity contribution is 5.89. The molecule has 0 aliphatic carbocycles. The lowest BCUT2D eigenvalue weighted by atomic mass is 9.98. The highest BCUT2D eigenvalue weighted by Crippen LogP contribution is 2.36. The predicted octanol–water partition coefficient (Wildman–Crippen LogP) is 1.83. The molecule has 0 radical (unpaired) electrons. The summed E-state index contributed by atoms with van der Waals surface area (Å²) in [5.74, 6) is -0.871. The number of fused-ring (bicyclic) bond motifs is 2. The van der Waals surface area contributed by atoms with E-state index in [0.29, 0.717) is 31.2 Å². The van der Waals surface area contributed by atoms with Gasteiger partial charge in [0.05, 0.1) is 11.7 Å². The molecule has 1 aromatic carbocycles. The van der Waals surface area contributed by atoms with Crippen molar-refractivity contribution in [1.29, 1.82) is 0 Å². The second-order valence-electron chi connectivity index (χ2n) is 6.27. The number of hydrogen-bond acceptors (Lipinski definition) is 3. The third-order valence-corrected chi connectivity index (χ3v) is 4.85. The van der Waals surface area contributed by atoms with Gasteiger partial charge in [0.1, 0.15) is 0 Å². The minimum atomic E-state index is -0.954. The van der Waals surface area contributed by atoms with E-state index in [1.165, 1.54) is 0 Å². The number of piperidine rings is 1. The van der Waals surface area contributed by atoms with Crippen molar-refractivity contribution in [2.45, 2.75) is 56.7 Å². The number of carboxylic acid groups (broad SMARTS) is 1. The number of amides is 1. The summed E-state index contributed by atoms with van der Waals surface area (Å²) in [5, 5.41) is 19.0. The van der Waals surface area contributed by atoms with Crippen molar-refractivity contribution >= 4 is 11.9 Å². The van der Waals surface area contributed by atoms with Crippen molar-refractivity contribution in [1.82, 2.24) is 4.90 Å². The fourth-order valence-corrected chi connectivity index (χ4v) is 3.87. The summed E-state index contributed by atoms with van der Waals surface area (Å²) in [6, 6.07) is 7.16. The van der Waals surface area contributed by atoms with Gasteiger partial charge in [-0.05, 0) is 43.7 Å². The zero-order valence-electron chi connectivity index (χ0n) is 12.4. The van der Waals surface area contributed by atoms with Crippen LogP contribution in [0.1, 0.15) is 48.0 Å². The summed E-state index contributed by atoms with van der Waals surface area (Å²) in [6.45, 7) is 0. The standard InChI is InChI=1S/C17H21NO4/c19-14-9-12-6-7-13(10-14)18(12)16(20)8-5-11-3-1-2-4-15(11)17(21)22/h1-4,12-14,19H,5-10H2,(H,21,22). The normalized spacial score (nSPS) is 27.0. The molecule has 1 amide bonds. The van der Waals surface area contributed by atoms with Crippen molar-refractivity contribution in [3.05, 3.63) is 35.4 Å². The molecule has 1 aromatic rings. The van der Waals surface area contributed by atoms with Gasteiger partial charge in [-0.15, -0.1) is 0 Å². The molecule has 22 heavy (non-hydrogen) atoms. The van der Waals surface area contributed by atoms with Crippen LogP contribution in [0.15, 0.2) is 24.3 Å². The van der Waals surface area contributed by atoms with E-state index in [-0.39, 0.29) is 29.7 Å². The number of hydrogen-bond donors (Lipinski definition) is 2. The van der Waals surface area contributed by atoms with Gasteiger partial charge in [0.15, 0.2) is 0 Å². The van der Waals surface area contributed by atoms with Crippen LogP contribution in [-0.2, 0) is 11.2 Å². The molecule has 2 saturated heterocycles. The summed E-state index contributed by atoms with van der Waals surface area (Å²) in [5.41, 5.74) is 0.972. The average molecular weight is 303 g/mol. The van der Waals surface area contributed by atoms with Crippen LogP contribution in [0, 0.1) is 0 Å². The Labute approximate surface area is 129 Å². The molecule has 5 heteroatoms. The Balaban J connectivity index is 1.65. The quantitative estimate of drug-likeness (QED) is 0.889. The van der Waals surface area contributed by atoms with Gasteiger partial charge in [-0.3, -0.25) is 4.79 Å². The van der Waals surface area contributed by atoms with Crippen molar-refractivity contribution in [2.75, 3.05) is 0 Å². The maximum Gasteiger partial charge on any atom is 0.335 e. The van der Waals surface area contributed by atoms with Gasteiger partial charge < -0.3 is 15.1 Å². The van der Waals surface area contributed by atoms with Gasteiger partial charge >= 0.3 is 5.97 Å². The van der Waals surface area contributed by atoms with E-state index < -0.39 is 5.97 Å². The molecule has 5 nitrogen and oxygen atoms in total. The summed E-state index contributed by atoms with van der Waals surface area (Å²) in [6.07, 6.45) is 3.78. The van der Waals surface area contributed by atoms with Crippen LogP contribution < -0.4 is 0 Å². The SMILES string of the molecule is O=C(O)c1ccccc1CCC(=O)N1C2CCC1CC(O)C2. The number of carbonyl (C=O) groups excluding carboxylic acids is 1. The highest BCUT2D eigenvalue weighted by atomic mass is 16.4. The molecule has 3 rings (SSSR count). The first-order valence-corrected chi connectivity index (χ1v) is 7.86. The Kier molecular flexibility index (Phi) is 4.16. The van der Waals surface area contributed by atoms with Crippen LogP contribution in [0.25, 0.3) is 0 Å². The zero-order chi connectivity index (χ0) is 15.7. The molecule has 2 atom stereocenters. The van der Waals surface area contributed by atoms with Crippen LogP contribution in [0.5, 0.6) is 0 Å². The van der Waals surface area contributed by atoms with E-state index in [9.17, 15) is 19.8 Å². The number of aliphatic hydroxyl groups excluding tert-OH is 1. The number of rotatable bonds is 4. The maximum absolute atomic E-state index is 12.5. The van der Waals surface area contributed by atoms with Crippen molar-refractivity contribution in [3.63, 3.8) is 0 Å². The molecule has 2 fully saturated rings. The van der Waals surface area contributed by atoms with Gasteiger partial charge in [0, 0.05) is 18.5 Å². The van der Waals surface area contributed by atoms with Crippen LogP contribution >= 0.6 is 0 Å². The van der Waals surface area contributed by atoms with Gasteiger partial charge in [-0.25, -0.2) is 4.79 Å². The van der Waals surface area contributed by atoms with E-state index in [2.05, 4.69) is 0 Å². The molecule has 0 aromatic heterocycles. The minimum absolute atomic E-state index is 0.0830. The predicted molar refractivity (Wildman–Crippen MR) is 80.6 cm³/mol. The first kappa shape index (κ1) is 15.0. The Morgan fingerprint density at radius 2 is 1.77 bits per heavy atom. The second kappa shape index (κ2) is 6.08. The lowest BCUT2D eigenvalue weighted by molar-refractivity contribution is -0.137. The number of nitrogens with zero attached hydrogens (tertiary/aromatic N) is 1. The van der Waals surface area contributed by atoms with Crippen molar-refractivity contribution < 1.29 is 19.8 Å². The average Bonchev–Trinajstić information content (AvgIpc) is 2.77. The summed E-state index contributed by atoms with van der Waals surface area (Å²) < 4.78 is 0. The van der Waals surface area contributed by atoms with Crippen LogP contribution in [0.4, 0.5) is 0 Å². The second-order valence-corrected chi connectivity index (χ2v) is 6.27. The van der Waals surface area contributed by atoms with E-state index in [1.54, 1.807) is 24.3 Å². The Bertz CT molecular complexity index is 572. The molecule has 2 N–H and O–H groups in total. The third-order valence-electron chi connectivity index (χ3n) is 4.85. The Morgan fingerprint density at radius 1 is 1.14 bits per heavy atom. The maximum atomic E-state index is 12.5. The molecule has 2 aliphatic rings. The molecule has 2 heterocycles. The van der Waals surface area contributed by atoms with E-state index in [4.69, 9.17) is 0 Å². The van der Waals surface area contributed by atoms with Crippen LogP contribution in [0.2, 0.25) is 0 Å². The minimum Gasteiger partial charge on any atom is -0.478 e. The molecule has 2 unspecified atom stereocenters. The number of aromatic carboxylic acids is 1. The fourth-order valence-electron chi connectivity index (χ4n) is 3.87. The number of aryl methyl sites for hydroxylation is 1. The first-order chi connectivity index (χ1) is 10.6. The lowest BCUT2D eigenvalue weighted by Gasteiger charge is -2.37. The Morgan fingerprint density at radius 3 is 2.41 bits per heavy atom. The number of carbonyl (C=O) groups is 2. The van der Waals surface area contributed by atoms with Gasteiger partial charge in [0.25, 0.3) is 0 Å². The fraction of sp³-hybridized carbons (Fsp3) is 0.529. The van der Waals surface area contributed by atoms with Crippen molar-refractivity contribution in [2.24, 2.45) is 0 Å². The van der Waals surface area contributed by atoms with E-state index in [0.717, 1.165) is 12.8 Å². The molecule has 118 valence electrons. The smallest absolute Gasteiger partial charge is 0.335 e. The molecule has 2 bridgehead atoms. The highest BCUT2D eigenvalue weighted by Gasteiger charge is 2.42. The molecular weight excluding hydrogens is 282 g/mol. The van der Waals surface area contributed by atoms with E-state index >= 15 is 0 Å². The van der Waals surface area contributed by atoms with Crippen LogP contribution in [0.3, 0.4) is 0 Å². The summed E-state index contributed by atoms with van der Waals surface area (Å²) in [7, 11) is 0. The molecule has 2 aliphatic heterocycles. The van der Waals surface area contributed by atoms with Gasteiger partial charge in [0.2, 0.25) is 5.91 Å². The van der Waals surface area contributed by atoms with Gasteiger partial charge in [-0.1, -0.05) is 18.2 Å². The number of aliphatic hydroxyl groups is 1. The molecule has 0 spiro atoms. The topological polar surface area (TPSA) is 77.8 Å². The molecular formula is C17H21NO4. The van der Waals surface area contributed by atoms with E-state index in [1.807, 2.05) is 4.90 Å². The monoisotopic (exact) mass is 303 g/mol.